The van der Waals surface area contributed by atoms with Crippen molar-refractivity contribution in [1.82, 2.24) is 9.80 Å². The molecule has 162 valence electrons. The summed E-state index contributed by atoms with van der Waals surface area (Å²) in [5.41, 5.74) is 2.34. The summed E-state index contributed by atoms with van der Waals surface area (Å²) in [4.78, 5) is 29.8. The molecule has 0 spiro atoms. The molecular weight excluding hydrogens is 418 g/mol. The van der Waals surface area contributed by atoms with Crippen molar-refractivity contribution in [3.8, 4) is 0 Å². The van der Waals surface area contributed by atoms with Crippen LogP contribution in [-0.2, 0) is 30.8 Å². The Balaban J connectivity index is 1.58. The van der Waals surface area contributed by atoms with Crippen LogP contribution in [0.25, 0.3) is 5.57 Å². The highest BCUT2D eigenvalue weighted by molar-refractivity contribution is 7.89. The molecule has 8 nitrogen and oxygen atoms in total. The normalized spacial score (nSPS) is 17.6. The molecule has 0 radical (unpaired) electrons. The van der Waals surface area contributed by atoms with Gasteiger partial charge in [-0.1, -0.05) is 42.5 Å². The molecule has 2 heterocycles. The van der Waals surface area contributed by atoms with Crippen molar-refractivity contribution in [1.29, 1.82) is 0 Å². The number of nitrogens with zero attached hydrogens (tertiary/aromatic N) is 2. The van der Waals surface area contributed by atoms with Gasteiger partial charge >= 0.3 is 0 Å². The number of hydrogen-bond donors (Lipinski definition) is 1. The maximum Gasteiger partial charge on any atom is 0.277 e. The van der Waals surface area contributed by atoms with Crippen LogP contribution in [-0.4, -0.2) is 62.9 Å². The molecule has 2 aromatic rings. The average molecular weight is 442 g/mol. The molecule has 0 aliphatic carbocycles. The van der Waals surface area contributed by atoms with Gasteiger partial charge in [0.15, 0.2) is 0 Å². The lowest BCUT2D eigenvalue weighted by Gasteiger charge is -2.29. The number of sulfonamides is 1. The lowest BCUT2D eigenvalue weighted by molar-refractivity contribution is -0.137. The van der Waals surface area contributed by atoms with E-state index < -0.39 is 10.0 Å². The first-order chi connectivity index (χ1) is 14.9. The van der Waals surface area contributed by atoms with E-state index in [2.05, 4.69) is 0 Å². The van der Waals surface area contributed by atoms with E-state index in [-0.39, 0.29) is 23.3 Å². The number of morpholine rings is 1. The van der Waals surface area contributed by atoms with E-state index in [9.17, 15) is 18.0 Å². The highest BCUT2D eigenvalue weighted by atomic mass is 32.2. The van der Waals surface area contributed by atoms with Crippen molar-refractivity contribution in [3.63, 3.8) is 0 Å². The molecule has 2 N–H and O–H groups in total. The minimum Gasteiger partial charge on any atom is -0.378 e. The van der Waals surface area contributed by atoms with Gasteiger partial charge in [0, 0.05) is 19.6 Å². The Kier molecular flexibility index (Phi) is 5.90. The monoisotopic (exact) mass is 441 g/mol. The van der Waals surface area contributed by atoms with Crippen molar-refractivity contribution in [3.05, 3.63) is 71.4 Å². The van der Waals surface area contributed by atoms with Crippen molar-refractivity contribution < 1.29 is 22.7 Å². The third-order valence-electron chi connectivity index (χ3n) is 5.41. The molecule has 1 fully saturated rings. The average Bonchev–Trinajstić information content (AvgIpc) is 3.03. The number of nitrogens with two attached hydrogens (primary N) is 1. The molecule has 0 unspecified atom stereocenters. The zero-order valence-electron chi connectivity index (χ0n) is 16.9. The van der Waals surface area contributed by atoms with Crippen LogP contribution in [0.1, 0.15) is 11.1 Å². The van der Waals surface area contributed by atoms with Gasteiger partial charge in [0.25, 0.3) is 11.8 Å². The second-order valence-corrected chi connectivity index (χ2v) is 8.95. The van der Waals surface area contributed by atoms with Gasteiger partial charge < -0.3 is 9.64 Å². The van der Waals surface area contributed by atoms with E-state index in [0.717, 1.165) is 5.56 Å². The molecule has 9 heteroatoms. The summed E-state index contributed by atoms with van der Waals surface area (Å²) >= 11 is 0. The topological polar surface area (TPSA) is 110 Å². The standard InChI is InChI=1S/C22H23N3O5S/c23-31(28,29)18-8-6-16(7-9-18)10-11-25-21(26)19(17-4-2-1-3-5-17)20(22(25)27)24-12-14-30-15-13-24/h1-9H,10-15H2,(H2,23,28,29). The summed E-state index contributed by atoms with van der Waals surface area (Å²) in [5, 5.41) is 5.13. The molecular formula is C22H23N3O5S. The summed E-state index contributed by atoms with van der Waals surface area (Å²) in [6.45, 7) is 2.30. The minimum absolute atomic E-state index is 0.0206. The summed E-state index contributed by atoms with van der Waals surface area (Å²) in [6, 6.07) is 15.3. The predicted molar refractivity (Wildman–Crippen MR) is 114 cm³/mol. The number of rotatable bonds is 6. The largest absolute Gasteiger partial charge is 0.378 e. The van der Waals surface area contributed by atoms with Crippen molar-refractivity contribution in [2.24, 2.45) is 5.14 Å². The Bertz CT molecular complexity index is 1120. The summed E-state index contributed by atoms with van der Waals surface area (Å²) in [7, 11) is -3.77. The number of ether oxygens (including phenoxy) is 1. The van der Waals surface area contributed by atoms with Crippen LogP contribution >= 0.6 is 0 Å². The van der Waals surface area contributed by atoms with E-state index >= 15 is 0 Å². The van der Waals surface area contributed by atoms with Crippen LogP contribution in [0.15, 0.2) is 65.2 Å². The van der Waals surface area contributed by atoms with E-state index in [4.69, 9.17) is 9.88 Å². The SMILES string of the molecule is NS(=O)(=O)c1ccc(CCN2C(=O)C(c3ccccc3)=C(N3CCOCC3)C2=O)cc1. The van der Waals surface area contributed by atoms with E-state index in [1.807, 2.05) is 35.2 Å². The molecule has 0 aromatic heterocycles. The van der Waals surface area contributed by atoms with E-state index in [1.54, 1.807) is 12.1 Å². The number of primary sulfonamides is 1. The van der Waals surface area contributed by atoms with Crippen LogP contribution in [0.4, 0.5) is 0 Å². The Morgan fingerprint density at radius 1 is 0.903 bits per heavy atom. The van der Waals surface area contributed by atoms with E-state index in [1.165, 1.54) is 17.0 Å². The number of benzene rings is 2. The van der Waals surface area contributed by atoms with Gasteiger partial charge in [-0.25, -0.2) is 13.6 Å². The lowest BCUT2D eigenvalue weighted by atomic mass is 10.0. The summed E-state index contributed by atoms with van der Waals surface area (Å²) in [5.74, 6) is -0.634. The molecule has 0 bridgehead atoms. The van der Waals surface area contributed by atoms with Gasteiger partial charge in [-0.2, -0.15) is 0 Å². The smallest absolute Gasteiger partial charge is 0.277 e. The molecule has 0 atom stereocenters. The first-order valence-corrected chi connectivity index (χ1v) is 11.5. The number of imide groups is 1. The van der Waals surface area contributed by atoms with Crippen LogP contribution in [0, 0.1) is 0 Å². The molecule has 4 rings (SSSR count). The fraction of sp³-hybridized carbons (Fsp3) is 0.273. The fourth-order valence-electron chi connectivity index (χ4n) is 3.80. The Hall–Kier alpha value is -3.01. The highest BCUT2D eigenvalue weighted by Gasteiger charge is 2.41. The van der Waals surface area contributed by atoms with Crippen LogP contribution in [0.2, 0.25) is 0 Å². The van der Waals surface area contributed by atoms with Crippen LogP contribution in [0.3, 0.4) is 0 Å². The Labute approximate surface area is 180 Å². The van der Waals surface area contributed by atoms with Gasteiger partial charge in [-0.15, -0.1) is 0 Å². The molecule has 2 aliphatic heterocycles. The van der Waals surface area contributed by atoms with Crippen molar-refractivity contribution in [2.45, 2.75) is 11.3 Å². The number of carbonyl (C=O) groups excluding carboxylic acids is 2. The first-order valence-electron chi connectivity index (χ1n) is 9.96. The fourth-order valence-corrected chi connectivity index (χ4v) is 4.31. The van der Waals surface area contributed by atoms with Crippen LogP contribution in [0.5, 0.6) is 0 Å². The maximum absolute atomic E-state index is 13.3. The van der Waals surface area contributed by atoms with Crippen molar-refractivity contribution >= 4 is 27.4 Å². The summed E-state index contributed by atoms with van der Waals surface area (Å²) < 4.78 is 28.2. The molecule has 31 heavy (non-hydrogen) atoms. The second-order valence-electron chi connectivity index (χ2n) is 7.39. The predicted octanol–water partition coefficient (Wildman–Crippen LogP) is 0.989. The molecule has 2 amide bonds. The highest BCUT2D eigenvalue weighted by Crippen LogP contribution is 2.32. The molecule has 1 saturated heterocycles. The third-order valence-corrected chi connectivity index (χ3v) is 6.34. The molecule has 2 aliphatic rings. The molecule has 2 aromatic carbocycles. The van der Waals surface area contributed by atoms with Gasteiger partial charge in [-0.3, -0.25) is 14.5 Å². The van der Waals surface area contributed by atoms with Crippen molar-refractivity contribution in [2.75, 3.05) is 32.8 Å². The zero-order chi connectivity index (χ0) is 22.0. The lowest BCUT2D eigenvalue weighted by Crippen LogP contribution is -2.40. The molecule has 0 saturated carbocycles. The number of hydrogen-bond acceptors (Lipinski definition) is 6. The Morgan fingerprint density at radius 3 is 2.16 bits per heavy atom. The second kappa shape index (κ2) is 8.62. The maximum atomic E-state index is 13.3. The Morgan fingerprint density at radius 2 is 1.55 bits per heavy atom. The number of amides is 2. The minimum atomic E-state index is -3.77. The van der Waals surface area contributed by atoms with Gasteiger partial charge in [0.2, 0.25) is 10.0 Å². The van der Waals surface area contributed by atoms with Gasteiger partial charge in [0.1, 0.15) is 5.70 Å². The first kappa shape index (κ1) is 21.2. The van der Waals surface area contributed by atoms with E-state index in [0.29, 0.717) is 49.6 Å². The van der Waals surface area contributed by atoms with Crippen LogP contribution < -0.4 is 5.14 Å². The summed E-state index contributed by atoms with van der Waals surface area (Å²) in [6.07, 6.45) is 0.404. The van der Waals surface area contributed by atoms with Gasteiger partial charge in [-0.05, 0) is 29.7 Å². The zero-order valence-corrected chi connectivity index (χ0v) is 17.7. The third kappa shape index (κ3) is 4.39. The number of carbonyl (C=O) groups is 2. The quantitative estimate of drug-likeness (QED) is 0.670. The van der Waals surface area contributed by atoms with Gasteiger partial charge in [0.05, 0.1) is 23.7 Å².